The zero-order valence-corrected chi connectivity index (χ0v) is 12.2. The van der Waals surface area contributed by atoms with E-state index < -0.39 is 12.3 Å². The van der Waals surface area contributed by atoms with Gasteiger partial charge in [0.15, 0.2) is 0 Å². The second-order valence-electron chi connectivity index (χ2n) is 4.45. The van der Waals surface area contributed by atoms with Gasteiger partial charge in [0.1, 0.15) is 5.75 Å². The lowest BCUT2D eigenvalue weighted by Gasteiger charge is -2.12. The molecule has 0 unspecified atom stereocenters. The fourth-order valence-corrected chi connectivity index (χ4v) is 2.29. The van der Waals surface area contributed by atoms with Crippen LogP contribution in [0.3, 0.4) is 0 Å². The average molecular weight is 343 g/mol. The number of aliphatic carboxylic acids is 1. The molecule has 0 saturated carbocycles. The number of carboxylic acid groups (broad SMARTS) is 1. The number of benzene rings is 2. The molecule has 2 rings (SSSR count). The van der Waals surface area contributed by atoms with E-state index in [1.165, 1.54) is 24.3 Å². The van der Waals surface area contributed by atoms with Gasteiger partial charge in [-0.1, -0.05) is 35.9 Å². The minimum absolute atomic E-state index is 0.279. The highest BCUT2D eigenvalue weighted by atomic mass is 35.5. The lowest BCUT2D eigenvalue weighted by atomic mass is 9.99. The summed E-state index contributed by atoms with van der Waals surface area (Å²) in [6, 6.07) is 10.1. The Morgan fingerprint density at radius 3 is 2.52 bits per heavy atom. The van der Waals surface area contributed by atoms with Crippen LogP contribution in [0.15, 0.2) is 48.5 Å². The van der Waals surface area contributed by atoms with Crippen molar-refractivity contribution in [3.05, 3.63) is 59.1 Å². The average Bonchev–Trinajstić information content (AvgIpc) is 2.43. The summed E-state index contributed by atoms with van der Waals surface area (Å²) >= 11 is 6.12. The lowest BCUT2D eigenvalue weighted by molar-refractivity contribution is -0.274. The van der Waals surface area contributed by atoms with Gasteiger partial charge in [-0.05, 0) is 35.4 Å². The van der Waals surface area contributed by atoms with E-state index in [0.717, 1.165) is 6.08 Å². The molecule has 0 fully saturated rings. The van der Waals surface area contributed by atoms with Crippen molar-refractivity contribution in [2.45, 2.75) is 6.36 Å². The van der Waals surface area contributed by atoms with Gasteiger partial charge in [-0.3, -0.25) is 0 Å². The number of carboxylic acids is 1. The van der Waals surface area contributed by atoms with Crippen molar-refractivity contribution in [3.8, 4) is 16.9 Å². The number of hydrogen-bond acceptors (Lipinski definition) is 2. The predicted molar refractivity (Wildman–Crippen MR) is 80.2 cm³/mol. The first kappa shape index (κ1) is 16.9. The SMILES string of the molecule is O=C(O)/C=C/c1cccc(Cl)c1-c1cccc(OC(F)(F)F)c1. The molecular weight excluding hydrogens is 333 g/mol. The van der Waals surface area contributed by atoms with Gasteiger partial charge in [-0.25, -0.2) is 4.79 Å². The summed E-state index contributed by atoms with van der Waals surface area (Å²) in [5, 5.41) is 8.99. The van der Waals surface area contributed by atoms with Gasteiger partial charge < -0.3 is 9.84 Å². The van der Waals surface area contributed by atoms with Crippen LogP contribution < -0.4 is 4.74 Å². The van der Waals surface area contributed by atoms with Crippen molar-refractivity contribution in [1.82, 2.24) is 0 Å². The molecule has 3 nitrogen and oxygen atoms in total. The molecule has 7 heteroatoms. The minimum Gasteiger partial charge on any atom is -0.478 e. The Bertz CT molecular complexity index is 754. The van der Waals surface area contributed by atoms with E-state index in [2.05, 4.69) is 4.74 Å². The predicted octanol–water partition coefficient (Wildman–Crippen LogP) is 5.00. The summed E-state index contributed by atoms with van der Waals surface area (Å²) in [4.78, 5) is 10.7. The molecule has 23 heavy (non-hydrogen) atoms. The van der Waals surface area contributed by atoms with Crippen LogP contribution >= 0.6 is 11.6 Å². The normalized spacial score (nSPS) is 11.7. The van der Waals surface area contributed by atoms with E-state index in [-0.39, 0.29) is 10.8 Å². The summed E-state index contributed by atoms with van der Waals surface area (Å²) < 4.78 is 40.8. The first-order valence-electron chi connectivity index (χ1n) is 6.32. The van der Waals surface area contributed by atoms with E-state index in [1.54, 1.807) is 24.3 Å². The number of carbonyl (C=O) groups is 1. The second kappa shape index (κ2) is 6.75. The molecule has 0 spiro atoms. The van der Waals surface area contributed by atoms with Crippen LogP contribution in [0.2, 0.25) is 5.02 Å². The Balaban J connectivity index is 2.49. The fourth-order valence-electron chi connectivity index (χ4n) is 1.99. The molecule has 1 N–H and O–H groups in total. The zero-order valence-electron chi connectivity index (χ0n) is 11.5. The van der Waals surface area contributed by atoms with E-state index in [9.17, 15) is 18.0 Å². The highest BCUT2D eigenvalue weighted by molar-refractivity contribution is 6.33. The molecule has 0 atom stereocenters. The van der Waals surface area contributed by atoms with Crippen LogP contribution in [0.4, 0.5) is 13.2 Å². The van der Waals surface area contributed by atoms with Gasteiger partial charge in [-0.2, -0.15) is 0 Å². The molecular formula is C16H10ClF3O3. The van der Waals surface area contributed by atoms with Crippen LogP contribution in [0.25, 0.3) is 17.2 Å². The monoisotopic (exact) mass is 342 g/mol. The molecule has 0 aliphatic carbocycles. The summed E-state index contributed by atoms with van der Waals surface area (Å²) in [6.45, 7) is 0. The van der Waals surface area contributed by atoms with Gasteiger partial charge in [0, 0.05) is 16.7 Å². The summed E-state index contributed by atoms with van der Waals surface area (Å²) in [5.74, 6) is -1.53. The van der Waals surface area contributed by atoms with Crippen molar-refractivity contribution in [2.24, 2.45) is 0 Å². The molecule has 0 radical (unpaired) electrons. The first-order valence-corrected chi connectivity index (χ1v) is 6.70. The van der Waals surface area contributed by atoms with Crippen molar-refractivity contribution in [1.29, 1.82) is 0 Å². The quantitative estimate of drug-likeness (QED) is 0.795. The van der Waals surface area contributed by atoms with E-state index >= 15 is 0 Å². The van der Waals surface area contributed by atoms with Crippen LogP contribution in [0.1, 0.15) is 5.56 Å². The Hall–Kier alpha value is -2.47. The molecule has 0 aromatic heterocycles. The number of alkyl halides is 3. The third-order valence-corrected chi connectivity index (χ3v) is 3.12. The highest BCUT2D eigenvalue weighted by Crippen LogP contribution is 2.35. The third-order valence-electron chi connectivity index (χ3n) is 2.81. The van der Waals surface area contributed by atoms with Crippen LogP contribution in [0, 0.1) is 0 Å². The van der Waals surface area contributed by atoms with Crippen LogP contribution in [-0.2, 0) is 4.79 Å². The number of hydrogen-bond donors (Lipinski definition) is 1. The Morgan fingerprint density at radius 2 is 1.87 bits per heavy atom. The highest BCUT2D eigenvalue weighted by Gasteiger charge is 2.31. The topological polar surface area (TPSA) is 46.5 Å². The minimum atomic E-state index is -4.80. The summed E-state index contributed by atoms with van der Waals surface area (Å²) in [6.07, 6.45) is -2.56. The maximum absolute atomic E-state index is 12.3. The molecule has 2 aromatic rings. The molecule has 0 aliphatic heterocycles. The fraction of sp³-hybridized carbons (Fsp3) is 0.0625. The Labute approximate surface area is 134 Å². The maximum atomic E-state index is 12.3. The zero-order chi connectivity index (χ0) is 17.0. The van der Waals surface area contributed by atoms with Gasteiger partial charge >= 0.3 is 12.3 Å². The van der Waals surface area contributed by atoms with Crippen molar-refractivity contribution >= 4 is 23.6 Å². The number of rotatable bonds is 4. The molecule has 0 aliphatic rings. The Kier molecular flexibility index (Phi) is 4.95. The van der Waals surface area contributed by atoms with Crippen LogP contribution in [0.5, 0.6) is 5.75 Å². The third kappa shape index (κ3) is 4.75. The van der Waals surface area contributed by atoms with Crippen molar-refractivity contribution in [3.63, 3.8) is 0 Å². The summed E-state index contributed by atoms with van der Waals surface area (Å²) in [7, 11) is 0. The largest absolute Gasteiger partial charge is 0.573 e. The number of ether oxygens (including phenoxy) is 1. The first-order chi connectivity index (χ1) is 10.8. The van der Waals surface area contributed by atoms with E-state index in [4.69, 9.17) is 16.7 Å². The maximum Gasteiger partial charge on any atom is 0.573 e. The molecule has 120 valence electrons. The second-order valence-corrected chi connectivity index (χ2v) is 4.86. The van der Waals surface area contributed by atoms with E-state index in [0.29, 0.717) is 16.7 Å². The van der Waals surface area contributed by atoms with Gasteiger partial charge in [0.2, 0.25) is 0 Å². The van der Waals surface area contributed by atoms with Crippen molar-refractivity contribution in [2.75, 3.05) is 0 Å². The molecule has 0 bridgehead atoms. The molecule has 0 saturated heterocycles. The molecule has 0 amide bonds. The standard InChI is InChI=1S/C16H10ClF3O3/c17-13-6-2-3-10(7-8-14(21)22)15(13)11-4-1-5-12(9-11)23-16(18,19)20/h1-9H,(H,21,22)/b8-7+. The van der Waals surface area contributed by atoms with E-state index in [1.807, 2.05) is 0 Å². The van der Waals surface area contributed by atoms with Crippen LogP contribution in [-0.4, -0.2) is 17.4 Å². The molecule has 0 heterocycles. The van der Waals surface area contributed by atoms with Gasteiger partial charge in [0.25, 0.3) is 0 Å². The number of halogens is 4. The van der Waals surface area contributed by atoms with Gasteiger partial charge in [-0.15, -0.1) is 13.2 Å². The van der Waals surface area contributed by atoms with Crippen molar-refractivity contribution < 1.29 is 27.8 Å². The Morgan fingerprint density at radius 1 is 1.17 bits per heavy atom. The smallest absolute Gasteiger partial charge is 0.478 e. The molecule has 2 aromatic carbocycles. The lowest BCUT2D eigenvalue weighted by Crippen LogP contribution is -2.17. The summed E-state index contributed by atoms with van der Waals surface area (Å²) in [5.41, 5.74) is 1.26. The van der Waals surface area contributed by atoms with Gasteiger partial charge in [0.05, 0.1) is 0 Å².